The molecule has 2 aromatic carbocycles. The molecule has 38 heavy (non-hydrogen) atoms. The highest BCUT2D eigenvalue weighted by Crippen LogP contribution is 2.46. The third kappa shape index (κ3) is 5.14. The van der Waals surface area contributed by atoms with Crippen molar-refractivity contribution in [2.45, 2.75) is 58.0 Å². The second-order valence-electron chi connectivity index (χ2n) is 9.60. The molecule has 200 valence electrons. The number of carbonyl (C=O) groups is 2. The number of nitrogens with one attached hydrogen (secondary N) is 1. The summed E-state index contributed by atoms with van der Waals surface area (Å²) < 4.78 is 16.5. The van der Waals surface area contributed by atoms with E-state index < -0.39 is 16.8 Å². The molecule has 0 radical (unpaired) electrons. The smallest absolute Gasteiger partial charge is 0.337 e. The highest BCUT2D eigenvalue weighted by atomic mass is 16.6. The van der Waals surface area contributed by atoms with Gasteiger partial charge in [-0.05, 0) is 55.9 Å². The normalized spacial score (nSPS) is 19.9. The minimum Gasteiger partial charge on any atom is -0.493 e. The first-order valence-corrected chi connectivity index (χ1v) is 12.6. The number of esters is 1. The lowest BCUT2D eigenvalue weighted by molar-refractivity contribution is -0.384. The summed E-state index contributed by atoms with van der Waals surface area (Å²) in [5.74, 6) is -0.202. The van der Waals surface area contributed by atoms with E-state index in [1.54, 1.807) is 33.3 Å². The predicted octanol–water partition coefficient (Wildman–Crippen LogP) is 5.32. The molecule has 3 atom stereocenters. The molecule has 0 saturated carbocycles. The monoisotopic (exact) mass is 520 g/mol. The minimum atomic E-state index is -0.692. The number of ketones is 1. The molecule has 0 bridgehead atoms. The van der Waals surface area contributed by atoms with Gasteiger partial charge in [0.05, 0.1) is 30.8 Å². The van der Waals surface area contributed by atoms with Crippen molar-refractivity contribution in [3.8, 4) is 11.5 Å². The van der Waals surface area contributed by atoms with Crippen LogP contribution in [0.2, 0.25) is 0 Å². The van der Waals surface area contributed by atoms with Gasteiger partial charge < -0.3 is 19.5 Å². The minimum absolute atomic E-state index is 0.0650. The van der Waals surface area contributed by atoms with Crippen LogP contribution in [-0.4, -0.2) is 37.0 Å². The molecule has 0 fully saturated rings. The highest BCUT2D eigenvalue weighted by molar-refractivity contribution is 6.04. The molecule has 0 spiro atoms. The Hall–Kier alpha value is -4.14. The third-order valence-electron chi connectivity index (χ3n) is 7.25. The van der Waals surface area contributed by atoms with Crippen LogP contribution in [0, 0.1) is 10.1 Å². The van der Waals surface area contributed by atoms with Gasteiger partial charge in [0.2, 0.25) is 0 Å². The average Bonchev–Trinajstić information content (AvgIpc) is 2.91. The van der Waals surface area contributed by atoms with Crippen LogP contribution < -0.4 is 14.8 Å². The number of hydrogen-bond acceptors (Lipinski definition) is 8. The zero-order chi connectivity index (χ0) is 27.6. The van der Waals surface area contributed by atoms with Crippen molar-refractivity contribution >= 4 is 17.4 Å². The summed E-state index contributed by atoms with van der Waals surface area (Å²) in [6, 6.07) is 11.6. The fraction of sp³-hybridized carbons (Fsp3) is 0.379. The number of benzene rings is 2. The van der Waals surface area contributed by atoms with Gasteiger partial charge in [0, 0.05) is 41.4 Å². The Morgan fingerprint density at radius 2 is 1.74 bits per heavy atom. The molecule has 0 saturated heterocycles. The molecule has 0 amide bonds. The zero-order valence-electron chi connectivity index (χ0n) is 22.2. The van der Waals surface area contributed by atoms with Crippen LogP contribution in [0.15, 0.2) is 65.0 Å². The summed E-state index contributed by atoms with van der Waals surface area (Å²) in [6.45, 7) is 5.53. The van der Waals surface area contributed by atoms with Crippen LogP contribution >= 0.6 is 0 Å². The maximum atomic E-state index is 13.8. The van der Waals surface area contributed by atoms with E-state index in [1.165, 1.54) is 12.1 Å². The molecule has 1 heterocycles. The number of dihydropyridines is 1. The maximum absolute atomic E-state index is 13.8. The molecule has 0 unspecified atom stereocenters. The first-order valence-electron chi connectivity index (χ1n) is 12.6. The summed E-state index contributed by atoms with van der Waals surface area (Å²) in [7, 11) is 3.14. The Morgan fingerprint density at radius 3 is 2.34 bits per heavy atom. The summed E-state index contributed by atoms with van der Waals surface area (Å²) in [5.41, 5.74) is 3.68. The van der Waals surface area contributed by atoms with Gasteiger partial charge in [0.15, 0.2) is 17.3 Å². The predicted molar refractivity (Wildman–Crippen MR) is 141 cm³/mol. The topological polar surface area (TPSA) is 117 Å². The Kier molecular flexibility index (Phi) is 7.85. The van der Waals surface area contributed by atoms with E-state index in [-0.39, 0.29) is 29.9 Å². The molecule has 1 N–H and O–H groups in total. The van der Waals surface area contributed by atoms with Gasteiger partial charge in [0.25, 0.3) is 5.69 Å². The van der Waals surface area contributed by atoms with Crippen LogP contribution in [0.3, 0.4) is 0 Å². The van der Waals surface area contributed by atoms with Crippen molar-refractivity contribution in [2.24, 2.45) is 0 Å². The van der Waals surface area contributed by atoms with E-state index in [0.717, 1.165) is 11.3 Å². The van der Waals surface area contributed by atoms with Crippen molar-refractivity contribution < 1.29 is 28.7 Å². The Labute approximate surface area is 221 Å². The molecular weight excluding hydrogens is 488 g/mol. The summed E-state index contributed by atoms with van der Waals surface area (Å²) in [5, 5.41) is 14.6. The van der Waals surface area contributed by atoms with Gasteiger partial charge in [-0.15, -0.1) is 0 Å². The summed E-state index contributed by atoms with van der Waals surface area (Å²) in [4.78, 5) is 37.9. The van der Waals surface area contributed by atoms with Gasteiger partial charge in [-0.25, -0.2) is 4.79 Å². The summed E-state index contributed by atoms with van der Waals surface area (Å²) >= 11 is 0. The van der Waals surface area contributed by atoms with E-state index in [9.17, 15) is 19.7 Å². The Balaban J connectivity index is 1.77. The number of nitro benzene ring substituents is 1. The fourth-order valence-corrected chi connectivity index (χ4v) is 5.10. The molecule has 9 nitrogen and oxygen atoms in total. The standard InChI is InChI=1S/C29H32N2O7/c1-6-16(2)38-29(33)26-17(3)30-22-13-20(19-9-12-24(36-4)25(15-19)37-5)14-23(32)28(22)27(26)18-7-10-21(11-8-18)31(34)35/h7-12,15-16,20,27,30H,6,13-14H2,1-5H3/t16-,20-,27-/m1/s1. The van der Waals surface area contributed by atoms with Gasteiger partial charge >= 0.3 is 5.97 Å². The lowest BCUT2D eigenvalue weighted by atomic mass is 9.71. The first-order chi connectivity index (χ1) is 18.2. The van der Waals surface area contributed by atoms with Crippen LogP contribution in [0.1, 0.15) is 63.0 Å². The van der Waals surface area contributed by atoms with Crippen LogP contribution in [0.5, 0.6) is 11.5 Å². The lowest BCUT2D eigenvalue weighted by Gasteiger charge is -2.37. The molecule has 0 aromatic heterocycles. The van der Waals surface area contributed by atoms with Crippen LogP contribution in [0.4, 0.5) is 5.69 Å². The van der Waals surface area contributed by atoms with E-state index in [0.29, 0.717) is 46.7 Å². The first kappa shape index (κ1) is 26.9. The number of carbonyl (C=O) groups excluding carboxylic acids is 2. The Morgan fingerprint density at radius 1 is 1.08 bits per heavy atom. The molecular formula is C29H32N2O7. The number of hydrogen-bond donors (Lipinski definition) is 1. The number of nitro groups is 1. The quantitative estimate of drug-likeness (QED) is 0.283. The molecule has 9 heteroatoms. The van der Waals surface area contributed by atoms with Crippen molar-refractivity contribution in [1.82, 2.24) is 5.32 Å². The van der Waals surface area contributed by atoms with Crippen molar-refractivity contribution in [3.05, 3.63) is 86.2 Å². The van der Waals surface area contributed by atoms with Gasteiger partial charge in [-0.1, -0.05) is 25.1 Å². The van der Waals surface area contributed by atoms with Crippen molar-refractivity contribution in [2.75, 3.05) is 14.2 Å². The van der Waals surface area contributed by atoms with Gasteiger partial charge in [-0.2, -0.15) is 0 Å². The number of Topliss-reactive ketones (excluding diaryl/α,β-unsaturated/α-hetero) is 1. The van der Waals surface area contributed by atoms with Crippen LogP contribution in [0.25, 0.3) is 0 Å². The highest BCUT2D eigenvalue weighted by Gasteiger charge is 2.42. The molecule has 1 aliphatic heterocycles. The van der Waals surface area contributed by atoms with Gasteiger partial charge in [-0.3, -0.25) is 14.9 Å². The zero-order valence-corrected chi connectivity index (χ0v) is 22.2. The van der Waals surface area contributed by atoms with Gasteiger partial charge in [0.1, 0.15) is 0 Å². The van der Waals surface area contributed by atoms with Crippen LogP contribution in [-0.2, 0) is 14.3 Å². The second kappa shape index (κ2) is 11.1. The Bertz CT molecular complexity index is 1330. The van der Waals surface area contributed by atoms with E-state index in [4.69, 9.17) is 14.2 Å². The molecule has 4 rings (SSSR count). The number of rotatable bonds is 8. The fourth-order valence-electron chi connectivity index (χ4n) is 5.10. The number of nitrogens with zero attached hydrogens (tertiary/aromatic N) is 1. The maximum Gasteiger partial charge on any atom is 0.337 e. The summed E-state index contributed by atoms with van der Waals surface area (Å²) in [6.07, 6.45) is 1.14. The SMILES string of the molecule is CC[C@@H](C)OC(=O)C1=C(C)NC2=C(C(=O)C[C@H](c3ccc(OC)c(OC)c3)C2)[C@@H]1c1ccc([N+](=O)[O-])cc1. The van der Waals surface area contributed by atoms with Crippen molar-refractivity contribution in [1.29, 1.82) is 0 Å². The second-order valence-corrected chi connectivity index (χ2v) is 9.60. The molecule has 1 aliphatic carbocycles. The lowest BCUT2D eigenvalue weighted by Crippen LogP contribution is -2.36. The van der Waals surface area contributed by atoms with E-state index >= 15 is 0 Å². The number of methoxy groups -OCH3 is 2. The van der Waals surface area contributed by atoms with E-state index in [2.05, 4.69) is 5.32 Å². The number of allylic oxidation sites excluding steroid dienone is 3. The van der Waals surface area contributed by atoms with E-state index in [1.807, 2.05) is 32.0 Å². The average molecular weight is 521 g/mol. The third-order valence-corrected chi connectivity index (χ3v) is 7.25. The molecule has 2 aromatic rings. The number of ether oxygens (including phenoxy) is 3. The molecule has 2 aliphatic rings. The largest absolute Gasteiger partial charge is 0.493 e. The van der Waals surface area contributed by atoms with Crippen molar-refractivity contribution in [3.63, 3.8) is 0 Å². The number of non-ortho nitro benzene ring substituents is 1.